The highest BCUT2D eigenvalue weighted by Gasteiger charge is 2.32. The highest BCUT2D eigenvalue weighted by Crippen LogP contribution is 2.32. The molecule has 1 saturated carbocycles. The molecule has 1 heterocycles. The normalized spacial score (nSPS) is 40.4. The Morgan fingerprint density at radius 2 is 2.12 bits per heavy atom. The average molecular weight is 240 g/mol. The van der Waals surface area contributed by atoms with Crippen LogP contribution in [0.25, 0.3) is 0 Å². The van der Waals surface area contributed by atoms with E-state index >= 15 is 0 Å². The molecule has 1 aliphatic carbocycles. The first-order valence-corrected chi connectivity index (χ1v) is 7.21. The maximum Gasteiger partial charge on any atom is 0.0826 e. The van der Waals surface area contributed by atoms with Crippen molar-refractivity contribution in [3.05, 3.63) is 0 Å². The Hall–Kier alpha value is -0.120. The number of morpholine rings is 1. The van der Waals surface area contributed by atoms with Crippen LogP contribution in [0.3, 0.4) is 0 Å². The highest BCUT2D eigenvalue weighted by atomic mass is 16.5. The molecule has 1 saturated heterocycles. The smallest absolute Gasteiger partial charge is 0.0826 e. The van der Waals surface area contributed by atoms with Crippen LogP contribution in [0, 0.1) is 11.8 Å². The largest absolute Gasteiger partial charge is 0.374 e. The van der Waals surface area contributed by atoms with Crippen LogP contribution in [0.2, 0.25) is 0 Å². The van der Waals surface area contributed by atoms with Gasteiger partial charge in [0, 0.05) is 25.7 Å². The Morgan fingerprint density at radius 1 is 1.29 bits per heavy atom. The third-order valence-electron chi connectivity index (χ3n) is 4.46. The van der Waals surface area contributed by atoms with Gasteiger partial charge >= 0.3 is 0 Å². The van der Waals surface area contributed by atoms with Crippen molar-refractivity contribution >= 4 is 0 Å². The minimum atomic E-state index is 0.389. The molecule has 1 N–H and O–H groups in total. The molecule has 1 aliphatic heterocycles. The number of hydrogen-bond acceptors (Lipinski definition) is 3. The van der Waals surface area contributed by atoms with Gasteiger partial charge in [0.1, 0.15) is 0 Å². The first-order chi connectivity index (χ1) is 8.20. The van der Waals surface area contributed by atoms with E-state index in [-0.39, 0.29) is 0 Å². The number of rotatable bonds is 3. The minimum absolute atomic E-state index is 0.389. The van der Waals surface area contributed by atoms with E-state index in [9.17, 15) is 0 Å². The molecule has 0 spiro atoms. The number of ether oxygens (including phenoxy) is 1. The lowest BCUT2D eigenvalue weighted by Gasteiger charge is -2.44. The second kappa shape index (κ2) is 6.17. The molecule has 0 amide bonds. The van der Waals surface area contributed by atoms with Gasteiger partial charge in [0.05, 0.1) is 12.7 Å². The highest BCUT2D eigenvalue weighted by molar-refractivity contribution is 4.86. The van der Waals surface area contributed by atoms with Crippen LogP contribution < -0.4 is 5.32 Å². The summed E-state index contributed by atoms with van der Waals surface area (Å²) >= 11 is 0. The van der Waals surface area contributed by atoms with E-state index in [1.807, 2.05) is 7.05 Å². The van der Waals surface area contributed by atoms with Gasteiger partial charge in [-0.2, -0.15) is 0 Å². The van der Waals surface area contributed by atoms with Gasteiger partial charge in [-0.3, -0.25) is 4.90 Å². The van der Waals surface area contributed by atoms with E-state index in [0.717, 1.165) is 44.1 Å². The minimum Gasteiger partial charge on any atom is -0.374 e. The molecule has 100 valence electrons. The van der Waals surface area contributed by atoms with Crippen molar-refractivity contribution in [1.82, 2.24) is 10.2 Å². The number of likely N-dealkylation sites (N-methyl/N-ethyl adjacent to an activating group) is 1. The van der Waals surface area contributed by atoms with Crippen LogP contribution in [0.4, 0.5) is 0 Å². The number of nitrogens with one attached hydrogen (secondary N) is 1. The van der Waals surface area contributed by atoms with Crippen molar-refractivity contribution in [3.63, 3.8) is 0 Å². The fourth-order valence-electron chi connectivity index (χ4n) is 3.59. The van der Waals surface area contributed by atoms with E-state index in [1.54, 1.807) is 0 Å². The van der Waals surface area contributed by atoms with Gasteiger partial charge in [-0.05, 0) is 38.1 Å². The molecule has 0 radical (unpaired) electrons. The van der Waals surface area contributed by atoms with E-state index < -0.39 is 0 Å². The number of hydrogen-bond donors (Lipinski definition) is 1. The van der Waals surface area contributed by atoms with Crippen molar-refractivity contribution < 1.29 is 4.74 Å². The Morgan fingerprint density at radius 3 is 2.82 bits per heavy atom. The molecule has 0 aromatic heterocycles. The first-order valence-electron chi connectivity index (χ1n) is 7.21. The summed E-state index contributed by atoms with van der Waals surface area (Å²) in [5, 5.41) is 3.23. The molecule has 3 nitrogen and oxygen atoms in total. The monoisotopic (exact) mass is 240 g/mol. The van der Waals surface area contributed by atoms with Crippen molar-refractivity contribution in [3.8, 4) is 0 Å². The van der Waals surface area contributed by atoms with Gasteiger partial charge < -0.3 is 10.1 Å². The molecule has 0 aromatic carbocycles. The summed E-state index contributed by atoms with van der Waals surface area (Å²) in [6.07, 6.45) is 4.58. The molecule has 2 aliphatic rings. The van der Waals surface area contributed by atoms with Gasteiger partial charge in [-0.15, -0.1) is 0 Å². The zero-order valence-corrected chi connectivity index (χ0v) is 11.6. The van der Waals surface area contributed by atoms with E-state index in [0.29, 0.717) is 6.10 Å². The van der Waals surface area contributed by atoms with Crippen molar-refractivity contribution in [1.29, 1.82) is 0 Å². The maximum absolute atomic E-state index is 5.79. The van der Waals surface area contributed by atoms with Crippen molar-refractivity contribution in [2.45, 2.75) is 45.3 Å². The zero-order valence-electron chi connectivity index (χ0n) is 11.6. The molecular formula is C14H28N2O. The van der Waals surface area contributed by atoms with Gasteiger partial charge in [-0.1, -0.05) is 13.8 Å². The fourth-order valence-corrected chi connectivity index (χ4v) is 3.59. The molecule has 2 rings (SSSR count). The Bertz CT molecular complexity index is 232. The lowest BCUT2D eigenvalue weighted by atomic mass is 9.79. The predicted octanol–water partition coefficient (Wildman–Crippen LogP) is 1.73. The van der Waals surface area contributed by atoms with Crippen LogP contribution >= 0.6 is 0 Å². The Balaban J connectivity index is 1.88. The van der Waals surface area contributed by atoms with Crippen LogP contribution in [0.15, 0.2) is 0 Å². The third-order valence-corrected chi connectivity index (χ3v) is 4.46. The molecule has 0 bridgehead atoms. The van der Waals surface area contributed by atoms with Crippen LogP contribution in [-0.4, -0.2) is 50.3 Å². The van der Waals surface area contributed by atoms with E-state index in [2.05, 4.69) is 24.1 Å². The number of nitrogens with zero attached hydrogens (tertiary/aromatic N) is 1. The molecule has 3 heteroatoms. The third kappa shape index (κ3) is 3.43. The van der Waals surface area contributed by atoms with Gasteiger partial charge in [0.25, 0.3) is 0 Å². The average Bonchev–Trinajstić information content (AvgIpc) is 2.29. The Labute approximate surface area is 106 Å². The maximum atomic E-state index is 5.79. The van der Waals surface area contributed by atoms with Crippen molar-refractivity contribution in [2.75, 3.05) is 33.3 Å². The SMILES string of the molecule is CNCC1CN(C2CCC(C)CC2C)CCO1. The standard InChI is InChI=1S/C14H28N2O/c1-11-4-5-14(12(2)8-11)16-6-7-17-13(10-16)9-15-3/h11-15H,4-10H2,1-3H3. The molecule has 2 fully saturated rings. The molecule has 4 atom stereocenters. The lowest BCUT2D eigenvalue weighted by Crippen LogP contribution is -2.53. The summed E-state index contributed by atoms with van der Waals surface area (Å²) in [4.78, 5) is 2.68. The van der Waals surface area contributed by atoms with Crippen molar-refractivity contribution in [2.24, 2.45) is 11.8 Å². The summed E-state index contributed by atoms with van der Waals surface area (Å²) in [6, 6.07) is 0.800. The second-order valence-electron chi connectivity index (χ2n) is 6.01. The summed E-state index contributed by atoms with van der Waals surface area (Å²) in [7, 11) is 2.01. The molecule has 0 aromatic rings. The lowest BCUT2D eigenvalue weighted by molar-refractivity contribution is -0.0569. The molecule has 17 heavy (non-hydrogen) atoms. The summed E-state index contributed by atoms with van der Waals surface area (Å²) < 4.78 is 5.79. The summed E-state index contributed by atoms with van der Waals surface area (Å²) in [6.45, 7) is 8.96. The second-order valence-corrected chi connectivity index (χ2v) is 6.01. The zero-order chi connectivity index (χ0) is 12.3. The quantitative estimate of drug-likeness (QED) is 0.813. The van der Waals surface area contributed by atoms with Crippen LogP contribution in [0.5, 0.6) is 0 Å². The van der Waals surface area contributed by atoms with Crippen LogP contribution in [0.1, 0.15) is 33.1 Å². The van der Waals surface area contributed by atoms with E-state index in [4.69, 9.17) is 4.74 Å². The molecule has 4 unspecified atom stereocenters. The predicted molar refractivity (Wildman–Crippen MR) is 71.2 cm³/mol. The summed E-state index contributed by atoms with van der Waals surface area (Å²) in [5.74, 6) is 1.78. The summed E-state index contributed by atoms with van der Waals surface area (Å²) in [5.41, 5.74) is 0. The van der Waals surface area contributed by atoms with Crippen LogP contribution in [-0.2, 0) is 4.74 Å². The van der Waals surface area contributed by atoms with Gasteiger partial charge in [0.15, 0.2) is 0 Å². The topological polar surface area (TPSA) is 24.5 Å². The fraction of sp³-hybridized carbons (Fsp3) is 1.00. The van der Waals surface area contributed by atoms with E-state index in [1.165, 1.54) is 19.3 Å². The van der Waals surface area contributed by atoms with Gasteiger partial charge in [0.2, 0.25) is 0 Å². The first kappa shape index (κ1) is 13.3. The molecular weight excluding hydrogens is 212 g/mol. The van der Waals surface area contributed by atoms with Gasteiger partial charge in [-0.25, -0.2) is 0 Å². The Kier molecular flexibility index (Phi) is 4.83.